The summed E-state index contributed by atoms with van der Waals surface area (Å²) < 4.78 is 0.925. The van der Waals surface area contributed by atoms with E-state index in [0.717, 1.165) is 32.6 Å². The van der Waals surface area contributed by atoms with E-state index in [1.165, 1.54) is 11.3 Å². The second-order valence-corrected chi connectivity index (χ2v) is 7.35. The lowest BCUT2D eigenvalue weighted by Crippen LogP contribution is -2.28. The maximum Gasteiger partial charge on any atom is 0.321 e. The number of hydrogen-bond acceptors (Lipinski definition) is 5. The van der Waals surface area contributed by atoms with Crippen LogP contribution >= 0.6 is 22.9 Å². The Morgan fingerprint density at radius 3 is 2.79 bits per heavy atom. The monoisotopic (exact) mass is 409 g/mol. The summed E-state index contributed by atoms with van der Waals surface area (Å²) >= 11 is 7.51. The number of rotatable bonds is 4. The molecule has 4 aromatic rings. The van der Waals surface area contributed by atoms with Gasteiger partial charge in [0.25, 0.3) is 0 Å². The Bertz CT molecular complexity index is 1150. The third kappa shape index (κ3) is 3.81. The molecule has 1 aromatic carbocycles. The van der Waals surface area contributed by atoms with E-state index in [9.17, 15) is 4.79 Å². The van der Waals surface area contributed by atoms with Crippen molar-refractivity contribution in [3.05, 3.63) is 60.0 Å². The van der Waals surface area contributed by atoms with Crippen molar-refractivity contribution in [1.29, 1.82) is 0 Å². The maximum atomic E-state index is 11.9. The van der Waals surface area contributed by atoms with Gasteiger partial charge in [-0.1, -0.05) is 35.1 Å². The molecule has 4 rings (SSSR count). The Morgan fingerprint density at radius 2 is 2.04 bits per heavy atom. The van der Waals surface area contributed by atoms with Crippen LogP contribution < -0.4 is 10.6 Å². The number of nitrogens with one attached hydrogen (secondary N) is 2. The fraction of sp³-hybridized carbons (Fsp3) is 0.100. The standard InChI is InChI=1S/C20H16ClN5OS/c1-2-23-19(27)26-20-25-16-10-13(12-5-4-8-22-11-12)9-14(18(16)28-20)15-6-3-7-17(21)24-15/h3-11H,2H2,1H3,(H2,23,25,26,27). The van der Waals surface area contributed by atoms with Crippen molar-refractivity contribution in [3.8, 4) is 22.4 Å². The SMILES string of the molecule is CCNC(=O)Nc1nc2cc(-c3cccnc3)cc(-c3cccc(Cl)n3)c2s1. The molecular formula is C20H16ClN5OS. The van der Waals surface area contributed by atoms with Gasteiger partial charge in [-0.05, 0) is 42.8 Å². The Balaban J connectivity index is 1.88. The van der Waals surface area contributed by atoms with Crippen LogP contribution in [-0.4, -0.2) is 27.5 Å². The van der Waals surface area contributed by atoms with Crippen LogP contribution in [0.15, 0.2) is 54.9 Å². The summed E-state index contributed by atoms with van der Waals surface area (Å²) in [4.78, 5) is 25.1. The molecule has 28 heavy (non-hydrogen) atoms. The molecule has 0 saturated carbocycles. The van der Waals surface area contributed by atoms with Gasteiger partial charge in [0, 0.05) is 30.1 Å². The molecule has 2 amide bonds. The van der Waals surface area contributed by atoms with Crippen LogP contribution in [-0.2, 0) is 0 Å². The molecular weight excluding hydrogens is 394 g/mol. The Labute approximate surface area is 170 Å². The van der Waals surface area contributed by atoms with Crippen molar-refractivity contribution in [1.82, 2.24) is 20.3 Å². The first-order valence-corrected chi connectivity index (χ1v) is 9.86. The molecule has 0 aliphatic heterocycles. The number of pyridine rings is 2. The third-order valence-electron chi connectivity index (χ3n) is 4.03. The van der Waals surface area contributed by atoms with Crippen molar-refractivity contribution in [3.63, 3.8) is 0 Å². The number of hydrogen-bond donors (Lipinski definition) is 2. The average molecular weight is 410 g/mol. The molecule has 0 atom stereocenters. The van der Waals surface area contributed by atoms with Gasteiger partial charge in [0.15, 0.2) is 5.13 Å². The molecule has 0 unspecified atom stereocenters. The Kier molecular flexibility index (Phi) is 5.18. The van der Waals surface area contributed by atoms with Crippen LogP contribution in [0.25, 0.3) is 32.6 Å². The van der Waals surface area contributed by atoms with Crippen LogP contribution in [0.3, 0.4) is 0 Å². The summed E-state index contributed by atoms with van der Waals surface area (Å²) in [5.74, 6) is 0. The van der Waals surface area contributed by atoms with E-state index in [4.69, 9.17) is 11.6 Å². The van der Waals surface area contributed by atoms with Crippen molar-refractivity contribution in [2.75, 3.05) is 11.9 Å². The minimum Gasteiger partial charge on any atom is -0.338 e. The van der Waals surface area contributed by atoms with Crippen molar-refractivity contribution >= 4 is 44.3 Å². The molecule has 0 fully saturated rings. The number of halogens is 1. The normalized spacial score (nSPS) is 10.8. The fourth-order valence-electron chi connectivity index (χ4n) is 2.84. The summed E-state index contributed by atoms with van der Waals surface area (Å²) in [5.41, 5.74) is 4.36. The number of fused-ring (bicyclic) bond motifs is 1. The number of thiazole rings is 1. The van der Waals surface area contributed by atoms with Crippen LogP contribution in [0.2, 0.25) is 5.15 Å². The van der Waals surface area contributed by atoms with Gasteiger partial charge in [-0.3, -0.25) is 10.3 Å². The van der Waals surface area contributed by atoms with Crippen molar-refractivity contribution in [2.24, 2.45) is 0 Å². The van der Waals surface area contributed by atoms with Gasteiger partial charge in [-0.25, -0.2) is 14.8 Å². The van der Waals surface area contributed by atoms with Gasteiger partial charge in [0.05, 0.1) is 15.9 Å². The lowest BCUT2D eigenvalue weighted by Gasteiger charge is -2.07. The molecule has 0 saturated heterocycles. The molecule has 0 aliphatic rings. The average Bonchev–Trinajstić information content (AvgIpc) is 3.10. The highest BCUT2D eigenvalue weighted by Crippen LogP contribution is 2.38. The summed E-state index contributed by atoms with van der Waals surface area (Å²) in [5, 5.41) is 6.43. The first kappa shape index (κ1) is 18.3. The van der Waals surface area contributed by atoms with Gasteiger partial charge >= 0.3 is 6.03 Å². The molecule has 8 heteroatoms. The maximum absolute atomic E-state index is 11.9. The number of amides is 2. The minimum atomic E-state index is -0.281. The number of aromatic nitrogens is 3. The highest BCUT2D eigenvalue weighted by Gasteiger charge is 2.15. The fourth-order valence-corrected chi connectivity index (χ4v) is 3.96. The van der Waals surface area contributed by atoms with E-state index in [1.807, 2.05) is 43.3 Å². The number of benzene rings is 1. The second-order valence-electron chi connectivity index (χ2n) is 5.96. The topological polar surface area (TPSA) is 79.8 Å². The molecule has 140 valence electrons. The van der Waals surface area contributed by atoms with Gasteiger partial charge in [0.2, 0.25) is 0 Å². The zero-order valence-electron chi connectivity index (χ0n) is 14.9. The Hall–Kier alpha value is -3.03. The van der Waals surface area contributed by atoms with Gasteiger partial charge in [0.1, 0.15) is 5.15 Å². The molecule has 2 N–H and O–H groups in total. The molecule has 3 aromatic heterocycles. The summed E-state index contributed by atoms with van der Waals surface area (Å²) in [6, 6.07) is 13.1. The van der Waals surface area contributed by atoms with Crippen molar-refractivity contribution in [2.45, 2.75) is 6.92 Å². The lowest BCUT2D eigenvalue weighted by atomic mass is 10.0. The first-order valence-electron chi connectivity index (χ1n) is 8.67. The summed E-state index contributed by atoms with van der Waals surface area (Å²) in [6.07, 6.45) is 3.54. The van der Waals surface area contributed by atoms with Gasteiger partial charge in [-0.15, -0.1) is 0 Å². The predicted octanol–water partition coefficient (Wildman–Crippen LogP) is 5.22. The molecule has 0 bridgehead atoms. The number of nitrogens with zero attached hydrogens (tertiary/aromatic N) is 3. The van der Waals surface area contributed by atoms with Crippen LogP contribution in [0.1, 0.15) is 6.92 Å². The Morgan fingerprint density at radius 1 is 1.14 bits per heavy atom. The zero-order chi connectivity index (χ0) is 19.5. The third-order valence-corrected chi connectivity index (χ3v) is 5.26. The summed E-state index contributed by atoms with van der Waals surface area (Å²) in [6.45, 7) is 2.40. The molecule has 6 nitrogen and oxygen atoms in total. The van der Waals surface area contributed by atoms with E-state index in [2.05, 4.69) is 25.6 Å². The molecule has 3 heterocycles. The molecule has 0 aliphatic carbocycles. The van der Waals surface area contributed by atoms with Crippen molar-refractivity contribution < 1.29 is 4.79 Å². The van der Waals surface area contributed by atoms with Gasteiger partial charge < -0.3 is 5.32 Å². The molecule has 0 radical (unpaired) electrons. The number of urea groups is 1. The smallest absolute Gasteiger partial charge is 0.321 e. The first-order chi connectivity index (χ1) is 13.6. The number of carbonyl (C=O) groups is 1. The quantitative estimate of drug-likeness (QED) is 0.453. The van der Waals surface area contributed by atoms with E-state index < -0.39 is 0 Å². The predicted molar refractivity (Wildman–Crippen MR) is 114 cm³/mol. The van der Waals surface area contributed by atoms with Crippen LogP contribution in [0.5, 0.6) is 0 Å². The highest BCUT2D eigenvalue weighted by molar-refractivity contribution is 7.22. The van der Waals surface area contributed by atoms with E-state index in [-0.39, 0.29) is 6.03 Å². The lowest BCUT2D eigenvalue weighted by molar-refractivity contribution is 0.252. The largest absolute Gasteiger partial charge is 0.338 e. The van der Waals surface area contributed by atoms with Gasteiger partial charge in [-0.2, -0.15) is 0 Å². The number of anilines is 1. The van der Waals surface area contributed by atoms with Crippen LogP contribution in [0.4, 0.5) is 9.93 Å². The molecule has 0 spiro atoms. The highest BCUT2D eigenvalue weighted by atomic mass is 35.5. The zero-order valence-corrected chi connectivity index (χ0v) is 16.5. The van der Waals surface area contributed by atoms with E-state index in [0.29, 0.717) is 16.8 Å². The van der Waals surface area contributed by atoms with E-state index in [1.54, 1.807) is 18.5 Å². The van der Waals surface area contributed by atoms with Crippen LogP contribution in [0, 0.1) is 0 Å². The minimum absolute atomic E-state index is 0.281. The summed E-state index contributed by atoms with van der Waals surface area (Å²) in [7, 11) is 0. The number of carbonyl (C=O) groups excluding carboxylic acids is 1. The second kappa shape index (κ2) is 7.92. The van der Waals surface area contributed by atoms with E-state index >= 15 is 0 Å².